The average molecular weight is 336 g/mol. The number of ether oxygens (including phenoxy) is 1. The molecule has 0 amide bonds. The van der Waals surface area contributed by atoms with Crippen LogP contribution < -0.4 is 4.74 Å². The summed E-state index contributed by atoms with van der Waals surface area (Å²) >= 11 is 0. The van der Waals surface area contributed by atoms with Crippen molar-refractivity contribution >= 4 is 34.2 Å². The van der Waals surface area contributed by atoms with Crippen LogP contribution in [0.2, 0.25) is 0 Å². The SMILES string of the molecule is COc1ccc(Cc2c3ccccc3nc3ccccc23)cc1.Cl. The molecule has 1 aromatic heterocycles. The number of para-hydroxylation sites is 2. The number of fused-ring (bicyclic) bond motifs is 2. The molecule has 0 unspecified atom stereocenters. The molecular weight excluding hydrogens is 318 g/mol. The summed E-state index contributed by atoms with van der Waals surface area (Å²) in [5.74, 6) is 0.887. The highest BCUT2D eigenvalue weighted by Crippen LogP contribution is 2.28. The Morgan fingerprint density at radius 3 is 1.83 bits per heavy atom. The maximum Gasteiger partial charge on any atom is 0.118 e. The molecule has 0 aliphatic rings. The van der Waals surface area contributed by atoms with Crippen LogP contribution in [0.3, 0.4) is 0 Å². The van der Waals surface area contributed by atoms with Gasteiger partial charge in [0.25, 0.3) is 0 Å². The van der Waals surface area contributed by atoms with E-state index in [4.69, 9.17) is 9.72 Å². The third kappa shape index (κ3) is 2.93. The molecule has 3 heteroatoms. The molecule has 0 aliphatic carbocycles. The van der Waals surface area contributed by atoms with Gasteiger partial charge in [-0.15, -0.1) is 12.4 Å². The topological polar surface area (TPSA) is 22.1 Å². The lowest BCUT2D eigenvalue weighted by Crippen LogP contribution is -1.95. The summed E-state index contributed by atoms with van der Waals surface area (Å²) in [6, 6.07) is 25.0. The normalized spacial score (nSPS) is 10.5. The number of pyridine rings is 1. The maximum absolute atomic E-state index is 5.25. The molecule has 1 heterocycles. The Hall–Kier alpha value is -2.58. The van der Waals surface area contributed by atoms with Gasteiger partial charge < -0.3 is 4.74 Å². The molecule has 0 aliphatic heterocycles. The van der Waals surface area contributed by atoms with Gasteiger partial charge in [0.2, 0.25) is 0 Å². The van der Waals surface area contributed by atoms with E-state index in [1.54, 1.807) is 7.11 Å². The monoisotopic (exact) mass is 335 g/mol. The number of halogens is 1. The van der Waals surface area contributed by atoms with Crippen molar-refractivity contribution < 1.29 is 4.74 Å². The summed E-state index contributed by atoms with van der Waals surface area (Å²) in [4.78, 5) is 4.79. The van der Waals surface area contributed by atoms with Gasteiger partial charge in [-0.05, 0) is 41.8 Å². The summed E-state index contributed by atoms with van der Waals surface area (Å²) in [6.45, 7) is 0. The van der Waals surface area contributed by atoms with Crippen LogP contribution in [-0.4, -0.2) is 12.1 Å². The first-order valence-electron chi connectivity index (χ1n) is 7.74. The molecule has 0 bridgehead atoms. The molecule has 0 radical (unpaired) electrons. The van der Waals surface area contributed by atoms with Crippen LogP contribution in [0.15, 0.2) is 72.8 Å². The zero-order chi connectivity index (χ0) is 15.6. The lowest BCUT2D eigenvalue weighted by Gasteiger charge is -2.11. The molecule has 4 rings (SSSR count). The van der Waals surface area contributed by atoms with E-state index in [2.05, 4.69) is 48.5 Å². The van der Waals surface area contributed by atoms with Crippen molar-refractivity contribution in [1.29, 1.82) is 0 Å². The third-order valence-electron chi connectivity index (χ3n) is 4.24. The first kappa shape index (κ1) is 16.3. The van der Waals surface area contributed by atoms with Gasteiger partial charge in [-0.3, -0.25) is 0 Å². The molecular formula is C21H18ClNO. The quantitative estimate of drug-likeness (QED) is 0.467. The van der Waals surface area contributed by atoms with E-state index in [9.17, 15) is 0 Å². The highest BCUT2D eigenvalue weighted by molar-refractivity contribution is 5.97. The molecule has 0 saturated carbocycles. The summed E-state index contributed by atoms with van der Waals surface area (Å²) in [5.41, 5.74) is 4.70. The van der Waals surface area contributed by atoms with E-state index < -0.39 is 0 Å². The van der Waals surface area contributed by atoms with Gasteiger partial charge in [0.1, 0.15) is 5.75 Å². The van der Waals surface area contributed by atoms with Gasteiger partial charge >= 0.3 is 0 Å². The number of hydrogen-bond donors (Lipinski definition) is 0. The van der Waals surface area contributed by atoms with Gasteiger partial charge in [0, 0.05) is 10.8 Å². The van der Waals surface area contributed by atoms with Crippen LogP contribution in [0.25, 0.3) is 21.8 Å². The minimum atomic E-state index is 0. The summed E-state index contributed by atoms with van der Waals surface area (Å²) in [5, 5.41) is 2.45. The predicted octanol–water partition coefficient (Wildman–Crippen LogP) is 5.41. The van der Waals surface area contributed by atoms with Gasteiger partial charge in [0.05, 0.1) is 18.1 Å². The smallest absolute Gasteiger partial charge is 0.118 e. The van der Waals surface area contributed by atoms with E-state index in [1.807, 2.05) is 24.3 Å². The molecule has 0 N–H and O–H groups in total. The Morgan fingerprint density at radius 1 is 0.750 bits per heavy atom. The molecule has 0 fully saturated rings. The first-order valence-corrected chi connectivity index (χ1v) is 7.74. The van der Waals surface area contributed by atoms with Crippen molar-refractivity contribution in [3.63, 3.8) is 0 Å². The van der Waals surface area contributed by atoms with Crippen LogP contribution in [0.5, 0.6) is 5.75 Å². The fraction of sp³-hybridized carbons (Fsp3) is 0.0952. The van der Waals surface area contributed by atoms with E-state index in [1.165, 1.54) is 21.9 Å². The number of hydrogen-bond acceptors (Lipinski definition) is 2. The van der Waals surface area contributed by atoms with Gasteiger partial charge in [0.15, 0.2) is 0 Å². The van der Waals surface area contributed by atoms with Crippen LogP contribution >= 0.6 is 12.4 Å². The molecule has 4 aromatic rings. The van der Waals surface area contributed by atoms with Gasteiger partial charge in [-0.1, -0.05) is 48.5 Å². The summed E-state index contributed by atoms with van der Waals surface area (Å²) in [7, 11) is 1.69. The van der Waals surface area contributed by atoms with Crippen LogP contribution in [-0.2, 0) is 6.42 Å². The third-order valence-corrected chi connectivity index (χ3v) is 4.24. The molecule has 2 nitrogen and oxygen atoms in total. The Labute approximate surface area is 147 Å². The Balaban J connectivity index is 0.00000169. The van der Waals surface area contributed by atoms with E-state index >= 15 is 0 Å². The minimum absolute atomic E-state index is 0. The lowest BCUT2D eigenvalue weighted by molar-refractivity contribution is 0.414. The van der Waals surface area contributed by atoms with Crippen molar-refractivity contribution in [3.05, 3.63) is 83.9 Å². The number of methoxy groups -OCH3 is 1. The molecule has 120 valence electrons. The van der Waals surface area contributed by atoms with Crippen molar-refractivity contribution in [3.8, 4) is 5.75 Å². The van der Waals surface area contributed by atoms with Crippen molar-refractivity contribution in [2.24, 2.45) is 0 Å². The summed E-state index contributed by atoms with van der Waals surface area (Å²) < 4.78 is 5.25. The van der Waals surface area contributed by atoms with Crippen LogP contribution in [0.1, 0.15) is 11.1 Å². The first-order chi connectivity index (χ1) is 11.3. The van der Waals surface area contributed by atoms with Crippen LogP contribution in [0, 0.1) is 0 Å². The van der Waals surface area contributed by atoms with Crippen molar-refractivity contribution in [1.82, 2.24) is 4.98 Å². The fourth-order valence-electron chi connectivity index (χ4n) is 3.07. The zero-order valence-corrected chi connectivity index (χ0v) is 14.2. The Morgan fingerprint density at radius 2 is 1.29 bits per heavy atom. The van der Waals surface area contributed by atoms with Gasteiger partial charge in [-0.25, -0.2) is 4.98 Å². The molecule has 0 saturated heterocycles. The maximum atomic E-state index is 5.25. The Kier molecular flexibility index (Phi) is 4.68. The largest absolute Gasteiger partial charge is 0.497 e. The number of nitrogens with zero attached hydrogens (tertiary/aromatic N) is 1. The predicted molar refractivity (Wildman–Crippen MR) is 102 cm³/mol. The summed E-state index contributed by atoms with van der Waals surface area (Å²) in [6.07, 6.45) is 0.882. The Bertz CT molecular complexity index is 926. The lowest BCUT2D eigenvalue weighted by atomic mass is 9.96. The number of rotatable bonds is 3. The van der Waals surface area contributed by atoms with Crippen molar-refractivity contribution in [2.45, 2.75) is 6.42 Å². The van der Waals surface area contributed by atoms with Crippen LogP contribution in [0.4, 0.5) is 0 Å². The highest BCUT2D eigenvalue weighted by atomic mass is 35.5. The zero-order valence-electron chi connectivity index (χ0n) is 13.4. The van der Waals surface area contributed by atoms with E-state index in [0.29, 0.717) is 0 Å². The second-order valence-electron chi connectivity index (χ2n) is 5.65. The second-order valence-corrected chi connectivity index (χ2v) is 5.65. The average Bonchev–Trinajstić information content (AvgIpc) is 2.62. The van der Waals surface area contributed by atoms with Crippen molar-refractivity contribution in [2.75, 3.05) is 7.11 Å². The standard InChI is InChI=1S/C21H17NO.ClH/c1-23-16-12-10-15(11-13-16)14-19-17-6-2-4-8-20(17)22-21-9-5-3-7-18(19)21;/h2-13H,14H2,1H3;1H. The number of benzene rings is 3. The molecule has 24 heavy (non-hydrogen) atoms. The fourth-order valence-corrected chi connectivity index (χ4v) is 3.07. The number of aromatic nitrogens is 1. The van der Waals surface area contributed by atoms with Gasteiger partial charge in [-0.2, -0.15) is 0 Å². The van der Waals surface area contributed by atoms with E-state index in [-0.39, 0.29) is 12.4 Å². The molecule has 0 atom stereocenters. The molecule has 3 aromatic carbocycles. The second kappa shape index (κ2) is 6.90. The minimum Gasteiger partial charge on any atom is -0.497 e. The molecule has 0 spiro atoms. The van der Waals surface area contributed by atoms with E-state index in [0.717, 1.165) is 23.2 Å². The highest BCUT2D eigenvalue weighted by Gasteiger charge is 2.09.